The number of esters is 1. The number of rotatable bonds is 4. The number of ether oxygens (including phenoxy) is 1. The van der Waals surface area contributed by atoms with Crippen molar-refractivity contribution in [2.75, 3.05) is 7.11 Å². The highest BCUT2D eigenvalue weighted by atomic mass is 19.3. The molecule has 0 aliphatic heterocycles. The molecule has 0 amide bonds. The van der Waals surface area contributed by atoms with E-state index >= 15 is 0 Å². The summed E-state index contributed by atoms with van der Waals surface area (Å²) in [6, 6.07) is 7.46. The molecule has 0 aliphatic carbocycles. The Morgan fingerprint density at radius 2 is 2.00 bits per heavy atom. The van der Waals surface area contributed by atoms with Crippen LogP contribution in [0.5, 0.6) is 0 Å². The van der Waals surface area contributed by atoms with Crippen LogP contribution < -0.4 is 0 Å². The lowest BCUT2D eigenvalue weighted by Gasteiger charge is -2.19. The molecule has 0 atom stereocenters. The second kappa shape index (κ2) is 5.40. The molecule has 4 nitrogen and oxygen atoms in total. The first-order valence-electron chi connectivity index (χ1n) is 5.99. The van der Waals surface area contributed by atoms with Gasteiger partial charge in [-0.2, -0.15) is 8.78 Å². The molecule has 0 saturated carbocycles. The molecule has 2 rings (SSSR count). The number of aryl methyl sites for hydroxylation is 1. The van der Waals surface area contributed by atoms with Gasteiger partial charge in [-0.1, -0.05) is 30.3 Å². The predicted molar refractivity (Wildman–Crippen MR) is 68.6 cm³/mol. The number of nitrogens with zero attached hydrogens (tertiary/aromatic N) is 2. The molecule has 20 heavy (non-hydrogen) atoms. The molecule has 0 spiro atoms. The Morgan fingerprint density at radius 3 is 2.60 bits per heavy atom. The van der Waals surface area contributed by atoms with Gasteiger partial charge in [-0.3, -0.25) is 0 Å². The number of imidazole rings is 1. The van der Waals surface area contributed by atoms with Crippen LogP contribution in [0.4, 0.5) is 8.78 Å². The zero-order valence-electron chi connectivity index (χ0n) is 11.1. The molecule has 0 radical (unpaired) electrons. The molecule has 0 aliphatic rings. The van der Waals surface area contributed by atoms with Gasteiger partial charge >= 0.3 is 5.97 Å². The van der Waals surface area contributed by atoms with Crippen molar-refractivity contribution >= 4 is 5.97 Å². The topological polar surface area (TPSA) is 44.1 Å². The minimum Gasteiger partial charge on any atom is -0.464 e. The van der Waals surface area contributed by atoms with E-state index in [1.54, 1.807) is 25.1 Å². The van der Waals surface area contributed by atoms with E-state index in [0.29, 0.717) is 5.82 Å². The van der Waals surface area contributed by atoms with Crippen LogP contribution in [0.15, 0.2) is 36.5 Å². The normalized spacial score (nSPS) is 11.4. The fourth-order valence-electron chi connectivity index (χ4n) is 1.91. The molecule has 0 unspecified atom stereocenters. The standard InChI is InChI=1S/C14H14F2N2O2/c1-10-17-8-12(13(19)20-2)18(10)9-14(15,16)11-6-4-3-5-7-11/h3-8H,9H2,1-2H3. The Morgan fingerprint density at radius 1 is 1.35 bits per heavy atom. The van der Waals surface area contributed by atoms with Gasteiger partial charge in [0.05, 0.1) is 19.9 Å². The highest BCUT2D eigenvalue weighted by molar-refractivity contribution is 5.87. The van der Waals surface area contributed by atoms with Crippen molar-refractivity contribution in [1.29, 1.82) is 0 Å². The maximum absolute atomic E-state index is 14.2. The van der Waals surface area contributed by atoms with E-state index in [2.05, 4.69) is 9.72 Å². The number of hydrogen-bond donors (Lipinski definition) is 0. The molecule has 106 valence electrons. The monoisotopic (exact) mass is 280 g/mol. The molecule has 1 aromatic carbocycles. The number of hydrogen-bond acceptors (Lipinski definition) is 3. The summed E-state index contributed by atoms with van der Waals surface area (Å²) in [7, 11) is 1.20. The van der Waals surface area contributed by atoms with Gasteiger partial charge in [-0.05, 0) is 6.92 Å². The highest BCUT2D eigenvalue weighted by Crippen LogP contribution is 2.30. The molecule has 1 heterocycles. The van der Waals surface area contributed by atoms with Crippen LogP contribution >= 0.6 is 0 Å². The van der Waals surface area contributed by atoms with Crippen LogP contribution in [0.1, 0.15) is 21.9 Å². The van der Waals surface area contributed by atoms with Crippen molar-refractivity contribution < 1.29 is 18.3 Å². The second-order valence-corrected chi connectivity index (χ2v) is 4.34. The lowest BCUT2D eigenvalue weighted by molar-refractivity contribution is -0.0235. The first-order chi connectivity index (χ1) is 9.45. The Kier molecular flexibility index (Phi) is 3.83. The van der Waals surface area contributed by atoms with E-state index in [1.807, 2.05) is 0 Å². The molecule has 2 aromatic rings. The van der Waals surface area contributed by atoms with Crippen LogP contribution in [0.3, 0.4) is 0 Å². The third-order valence-electron chi connectivity index (χ3n) is 3.00. The van der Waals surface area contributed by atoms with Gasteiger partial charge in [0.15, 0.2) is 0 Å². The predicted octanol–water partition coefficient (Wildman–Crippen LogP) is 2.77. The van der Waals surface area contributed by atoms with Gasteiger partial charge in [-0.25, -0.2) is 9.78 Å². The Hall–Kier alpha value is -2.24. The molecule has 1 aromatic heterocycles. The Bertz CT molecular complexity index is 609. The molecule has 6 heteroatoms. The summed E-state index contributed by atoms with van der Waals surface area (Å²) in [5, 5.41) is 0. The van der Waals surface area contributed by atoms with Crippen LogP contribution in [-0.4, -0.2) is 22.6 Å². The number of halogens is 2. The summed E-state index contributed by atoms with van der Waals surface area (Å²) >= 11 is 0. The number of benzene rings is 1. The number of carbonyl (C=O) groups is 1. The van der Waals surface area contributed by atoms with Gasteiger partial charge < -0.3 is 9.30 Å². The van der Waals surface area contributed by atoms with Crippen molar-refractivity contribution in [3.8, 4) is 0 Å². The summed E-state index contributed by atoms with van der Waals surface area (Å²) in [4.78, 5) is 15.4. The average Bonchev–Trinajstić information content (AvgIpc) is 2.80. The van der Waals surface area contributed by atoms with Gasteiger partial charge in [0, 0.05) is 5.56 Å². The largest absolute Gasteiger partial charge is 0.464 e. The van der Waals surface area contributed by atoms with Crippen molar-refractivity contribution in [2.24, 2.45) is 0 Å². The van der Waals surface area contributed by atoms with Gasteiger partial charge in [0.2, 0.25) is 0 Å². The minimum absolute atomic E-state index is 0.0145. The number of aromatic nitrogens is 2. The van der Waals surface area contributed by atoms with Crippen LogP contribution in [0.2, 0.25) is 0 Å². The second-order valence-electron chi connectivity index (χ2n) is 4.34. The molecular formula is C14H14F2N2O2. The number of carbonyl (C=O) groups excluding carboxylic acids is 1. The van der Waals surface area contributed by atoms with Crippen molar-refractivity contribution in [1.82, 2.24) is 9.55 Å². The van der Waals surface area contributed by atoms with Gasteiger partial charge in [0.1, 0.15) is 11.5 Å². The number of alkyl halides is 2. The highest BCUT2D eigenvalue weighted by Gasteiger charge is 2.34. The summed E-state index contributed by atoms with van der Waals surface area (Å²) in [5.74, 6) is -3.45. The Labute approximate surface area is 115 Å². The van der Waals surface area contributed by atoms with E-state index in [9.17, 15) is 13.6 Å². The first-order valence-corrected chi connectivity index (χ1v) is 5.99. The molecule has 0 bridgehead atoms. The zero-order valence-corrected chi connectivity index (χ0v) is 11.1. The molecule has 0 saturated heterocycles. The average molecular weight is 280 g/mol. The zero-order chi connectivity index (χ0) is 14.8. The van der Waals surface area contributed by atoms with E-state index in [-0.39, 0.29) is 11.3 Å². The fraction of sp³-hybridized carbons (Fsp3) is 0.286. The number of methoxy groups -OCH3 is 1. The van der Waals surface area contributed by atoms with E-state index in [1.165, 1.54) is 30.0 Å². The maximum atomic E-state index is 14.2. The van der Waals surface area contributed by atoms with Gasteiger partial charge in [0.25, 0.3) is 5.92 Å². The fourth-order valence-corrected chi connectivity index (χ4v) is 1.91. The molecule has 0 fully saturated rings. The van der Waals surface area contributed by atoms with E-state index < -0.39 is 18.4 Å². The van der Waals surface area contributed by atoms with Crippen LogP contribution in [-0.2, 0) is 17.2 Å². The lowest BCUT2D eigenvalue weighted by Crippen LogP contribution is -2.24. The van der Waals surface area contributed by atoms with E-state index in [4.69, 9.17) is 0 Å². The third kappa shape index (κ3) is 2.68. The third-order valence-corrected chi connectivity index (χ3v) is 3.00. The minimum atomic E-state index is -3.10. The summed E-state index contributed by atoms with van der Waals surface area (Å²) in [6.07, 6.45) is 1.24. The molecule has 0 N–H and O–H groups in total. The maximum Gasteiger partial charge on any atom is 0.356 e. The summed E-state index contributed by atoms with van der Waals surface area (Å²) in [6.45, 7) is 0.904. The summed E-state index contributed by atoms with van der Waals surface area (Å²) in [5.41, 5.74) is -0.0930. The Balaban J connectivity index is 2.35. The summed E-state index contributed by atoms with van der Waals surface area (Å²) < 4.78 is 34.2. The van der Waals surface area contributed by atoms with Crippen molar-refractivity contribution in [3.05, 3.63) is 53.6 Å². The van der Waals surface area contributed by atoms with Gasteiger partial charge in [-0.15, -0.1) is 0 Å². The molecular weight excluding hydrogens is 266 g/mol. The lowest BCUT2D eigenvalue weighted by atomic mass is 10.1. The SMILES string of the molecule is COC(=O)c1cnc(C)n1CC(F)(F)c1ccccc1. The quantitative estimate of drug-likeness (QED) is 0.809. The van der Waals surface area contributed by atoms with Crippen molar-refractivity contribution in [3.63, 3.8) is 0 Å². The van der Waals surface area contributed by atoms with Crippen LogP contribution in [0, 0.1) is 6.92 Å². The van der Waals surface area contributed by atoms with Crippen LogP contribution in [0.25, 0.3) is 0 Å². The van der Waals surface area contributed by atoms with Crippen molar-refractivity contribution in [2.45, 2.75) is 19.4 Å². The first kappa shape index (κ1) is 14.2. The van der Waals surface area contributed by atoms with E-state index in [0.717, 1.165) is 0 Å². The smallest absolute Gasteiger partial charge is 0.356 e.